The highest BCUT2D eigenvalue weighted by Crippen LogP contribution is 2.34. The summed E-state index contributed by atoms with van der Waals surface area (Å²) in [5.74, 6) is 0.637. The first kappa shape index (κ1) is 26.1. The molecule has 9 nitrogen and oxygen atoms in total. The topological polar surface area (TPSA) is 114 Å². The number of aromatic nitrogens is 2. The van der Waals surface area contributed by atoms with Crippen molar-refractivity contribution >= 4 is 34.2 Å². The number of benzene rings is 3. The smallest absolute Gasteiger partial charge is 0.319 e. The van der Waals surface area contributed by atoms with Gasteiger partial charge < -0.3 is 25.4 Å². The molecule has 0 atom stereocenters. The number of fused-ring (bicyclic) bond motifs is 1. The second-order valence-corrected chi connectivity index (χ2v) is 8.12. The van der Waals surface area contributed by atoms with Gasteiger partial charge in [-0.1, -0.05) is 18.2 Å². The van der Waals surface area contributed by atoms with E-state index in [-0.39, 0.29) is 17.8 Å². The predicted octanol–water partition coefficient (Wildman–Crippen LogP) is 5.45. The van der Waals surface area contributed by atoms with Crippen LogP contribution in [0.25, 0.3) is 10.9 Å². The molecule has 0 aliphatic carbocycles. The molecule has 0 aliphatic heterocycles. The first-order valence-corrected chi connectivity index (χ1v) is 11.8. The Bertz CT molecular complexity index is 1460. The number of nitrogens with one attached hydrogen (secondary N) is 3. The molecule has 0 fully saturated rings. The van der Waals surface area contributed by atoms with Crippen LogP contribution in [0.1, 0.15) is 12.5 Å². The van der Waals surface area contributed by atoms with Crippen molar-refractivity contribution in [2.24, 2.45) is 0 Å². The number of carbonyl (C=O) groups excluding carboxylic acids is 2. The van der Waals surface area contributed by atoms with Gasteiger partial charge in [-0.05, 0) is 67.4 Å². The average molecular weight is 516 g/mol. The van der Waals surface area contributed by atoms with Crippen molar-refractivity contribution in [2.45, 2.75) is 13.3 Å². The number of urea groups is 1. The van der Waals surface area contributed by atoms with Gasteiger partial charge in [0, 0.05) is 18.3 Å². The van der Waals surface area contributed by atoms with E-state index < -0.39 is 0 Å². The lowest BCUT2D eigenvalue weighted by atomic mass is 10.1. The molecule has 0 saturated heterocycles. The molecule has 4 aromatic rings. The molecule has 0 aliphatic rings. The highest BCUT2D eigenvalue weighted by atomic mass is 19.1. The maximum atomic E-state index is 13.0. The zero-order valence-corrected chi connectivity index (χ0v) is 20.8. The summed E-state index contributed by atoms with van der Waals surface area (Å²) in [4.78, 5) is 32.8. The molecule has 38 heavy (non-hydrogen) atoms. The minimum Gasteiger partial charge on any atom is -0.494 e. The first-order valence-electron chi connectivity index (χ1n) is 11.8. The molecule has 0 bridgehead atoms. The second-order valence-electron chi connectivity index (χ2n) is 8.12. The first-order chi connectivity index (χ1) is 18.4. The van der Waals surface area contributed by atoms with E-state index >= 15 is 0 Å². The van der Waals surface area contributed by atoms with Crippen LogP contribution in [0.2, 0.25) is 0 Å². The van der Waals surface area contributed by atoms with Crippen LogP contribution in [0, 0.1) is 5.82 Å². The number of ether oxygens (including phenoxy) is 2. The maximum Gasteiger partial charge on any atom is 0.319 e. The van der Waals surface area contributed by atoms with Crippen molar-refractivity contribution in [2.75, 3.05) is 24.3 Å². The Morgan fingerprint density at radius 3 is 2.47 bits per heavy atom. The third-order valence-corrected chi connectivity index (χ3v) is 5.44. The predicted molar refractivity (Wildman–Crippen MR) is 143 cm³/mol. The van der Waals surface area contributed by atoms with E-state index in [1.807, 2.05) is 0 Å². The Balaban J connectivity index is 1.40. The fraction of sp³-hybridized carbons (Fsp3) is 0.143. The average Bonchev–Trinajstić information content (AvgIpc) is 2.91. The number of halogens is 1. The molecule has 4 rings (SSSR count). The highest BCUT2D eigenvalue weighted by molar-refractivity contribution is 6.02. The Kier molecular flexibility index (Phi) is 8.45. The molecule has 194 valence electrons. The zero-order chi connectivity index (χ0) is 26.9. The van der Waals surface area contributed by atoms with E-state index in [0.29, 0.717) is 52.6 Å². The van der Waals surface area contributed by atoms with Gasteiger partial charge >= 0.3 is 6.03 Å². The van der Waals surface area contributed by atoms with Gasteiger partial charge in [0.15, 0.2) is 0 Å². The van der Waals surface area contributed by atoms with Crippen LogP contribution in [-0.4, -0.2) is 35.6 Å². The Hall–Kier alpha value is -4.99. The van der Waals surface area contributed by atoms with Crippen LogP contribution in [-0.2, 0) is 11.2 Å². The molecule has 0 saturated carbocycles. The third kappa shape index (κ3) is 6.82. The Labute approximate surface area is 218 Å². The summed E-state index contributed by atoms with van der Waals surface area (Å²) in [5, 5.41) is 8.87. The summed E-state index contributed by atoms with van der Waals surface area (Å²) in [6, 6.07) is 16.0. The van der Waals surface area contributed by atoms with Crippen molar-refractivity contribution < 1.29 is 23.5 Å². The number of methoxy groups -OCH3 is 1. The van der Waals surface area contributed by atoms with Gasteiger partial charge in [-0.2, -0.15) is 0 Å². The molecule has 10 heteroatoms. The van der Waals surface area contributed by atoms with E-state index in [1.54, 1.807) is 61.5 Å². The lowest BCUT2D eigenvalue weighted by molar-refractivity contribution is -0.111. The molecule has 3 aromatic carbocycles. The van der Waals surface area contributed by atoms with Gasteiger partial charge in [-0.3, -0.25) is 4.79 Å². The fourth-order valence-electron chi connectivity index (χ4n) is 3.60. The lowest BCUT2D eigenvalue weighted by Crippen LogP contribution is -2.30. The van der Waals surface area contributed by atoms with Crippen LogP contribution < -0.4 is 25.4 Å². The third-order valence-electron chi connectivity index (χ3n) is 5.44. The monoisotopic (exact) mass is 515 g/mol. The number of anilines is 2. The molecule has 0 radical (unpaired) electrons. The summed E-state index contributed by atoms with van der Waals surface area (Å²) in [5.41, 5.74) is 2.53. The van der Waals surface area contributed by atoms with Crippen LogP contribution in [0.15, 0.2) is 79.1 Å². The summed E-state index contributed by atoms with van der Waals surface area (Å²) in [6.45, 7) is 2.15. The molecule has 0 spiro atoms. The van der Waals surface area contributed by atoms with Gasteiger partial charge in [0.05, 0.1) is 23.7 Å². The largest absolute Gasteiger partial charge is 0.494 e. The zero-order valence-electron chi connectivity index (χ0n) is 20.8. The Morgan fingerprint density at radius 1 is 1.00 bits per heavy atom. The number of hydrogen-bond donors (Lipinski definition) is 3. The minimum absolute atomic E-state index is 0.290. The van der Waals surface area contributed by atoms with E-state index in [0.717, 1.165) is 5.56 Å². The van der Waals surface area contributed by atoms with Crippen LogP contribution in [0.4, 0.5) is 20.6 Å². The van der Waals surface area contributed by atoms with Gasteiger partial charge in [0.1, 0.15) is 23.6 Å². The van der Waals surface area contributed by atoms with E-state index in [9.17, 15) is 14.0 Å². The standard InChI is InChI=1S/C28H26FN5O4/c1-3-4-26(35)34-24-15-22-23(16-25(24)37-2)31-17-32-27(22)38-21-11-9-20(10-12-21)33-28(36)30-14-13-18-5-7-19(29)8-6-18/h3-12,15-17H,13-14H2,1-2H3,(H,34,35)(H2,30,33,36)/b4-3+. The number of hydrogen-bond acceptors (Lipinski definition) is 6. The molecule has 1 aromatic heterocycles. The van der Waals surface area contributed by atoms with E-state index in [4.69, 9.17) is 9.47 Å². The van der Waals surface area contributed by atoms with Crippen LogP contribution in [0.3, 0.4) is 0 Å². The number of rotatable bonds is 9. The summed E-state index contributed by atoms with van der Waals surface area (Å²) in [6.07, 6.45) is 5.00. The van der Waals surface area contributed by atoms with Crippen molar-refractivity contribution in [1.29, 1.82) is 0 Å². The minimum atomic E-state index is -0.357. The molecule has 3 N–H and O–H groups in total. The highest BCUT2D eigenvalue weighted by Gasteiger charge is 2.13. The number of amides is 3. The maximum absolute atomic E-state index is 13.0. The van der Waals surface area contributed by atoms with Gasteiger partial charge in [0.25, 0.3) is 0 Å². The molecule has 3 amide bonds. The van der Waals surface area contributed by atoms with Crippen molar-refractivity contribution in [3.63, 3.8) is 0 Å². The van der Waals surface area contributed by atoms with Gasteiger partial charge in [0.2, 0.25) is 11.8 Å². The lowest BCUT2D eigenvalue weighted by Gasteiger charge is -2.13. The van der Waals surface area contributed by atoms with Gasteiger partial charge in [-0.25, -0.2) is 19.2 Å². The molecule has 0 unspecified atom stereocenters. The Morgan fingerprint density at radius 2 is 1.76 bits per heavy atom. The number of carbonyl (C=O) groups is 2. The summed E-state index contributed by atoms with van der Waals surface area (Å²) in [7, 11) is 1.51. The van der Waals surface area contributed by atoms with E-state index in [2.05, 4.69) is 25.9 Å². The SMILES string of the molecule is C/C=C/C(=O)Nc1cc2c(Oc3ccc(NC(=O)NCCc4ccc(F)cc4)cc3)ncnc2cc1OC. The van der Waals surface area contributed by atoms with Crippen molar-refractivity contribution in [3.8, 4) is 17.4 Å². The quantitative estimate of drug-likeness (QED) is 0.256. The number of allylic oxidation sites excluding steroid dienone is 1. The number of nitrogens with zero attached hydrogens (tertiary/aromatic N) is 2. The van der Waals surface area contributed by atoms with Crippen molar-refractivity contribution in [3.05, 3.63) is 90.5 Å². The van der Waals surface area contributed by atoms with Crippen LogP contribution in [0.5, 0.6) is 17.4 Å². The normalized spacial score (nSPS) is 10.8. The molecular formula is C28H26FN5O4. The van der Waals surface area contributed by atoms with E-state index in [1.165, 1.54) is 31.6 Å². The molecule has 1 heterocycles. The van der Waals surface area contributed by atoms with Crippen LogP contribution >= 0.6 is 0 Å². The fourth-order valence-corrected chi connectivity index (χ4v) is 3.60. The molecular weight excluding hydrogens is 489 g/mol. The summed E-state index contributed by atoms with van der Waals surface area (Å²) < 4.78 is 24.4. The van der Waals surface area contributed by atoms with Crippen molar-refractivity contribution in [1.82, 2.24) is 15.3 Å². The summed E-state index contributed by atoms with van der Waals surface area (Å²) >= 11 is 0. The van der Waals surface area contributed by atoms with Gasteiger partial charge in [-0.15, -0.1) is 0 Å². The second kappa shape index (κ2) is 12.3.